The molecule has 3 N–H and O–H groups in total. The Kier molecular flexibility index (Phi) is 13.2. The number of nitrogens with one attached hydrogen (secondary N) is 1. The van der Waals surface area contributed by atoms with Crippen molar-refractivity contribution in [3.63, 3.8) is 0 Å². The molecule has 4 aromatic rings. The minimum absolute atomic E-state index is 0.163. The first-order valence-corrected chi connectivity index (χ1v) is 16.9. The Morgan fingerprint density at radius 3 is 2.14 bits per heavy atom. The monoisotopic (exact) mass is 665 g/mol. The van der Waals surface area contributed by atoms with Crippen LogP contribution in [0.25, 0.3) is 10.8 Å². The van der Waals surface area contributed by atoms with E-state index in [0.717, 1.165) is 34.7 Å². The van der Waals surface area contributed by atoms with Gasteiger partial charge in [0.1, 0.15) is 17.9 Å². The summed E-state index contributed by atoms with van der Waals surface area (Å²) in [7, 11) is 3.20. The minimum Gasteiger partial charge on any atom is -0.354 e. The van der Waals surface area contributed by atoms with Crippen molar-refractivity contribution in [2.24, 2.45) is 5.73 Å². The summed E-state index contributed by atoms with van der Waals surface area (Å²) in [4.78, 5) is 48.8. The molecule has 258 valence electrons. The Hall–Kier alpha value is -4.89. The van der Waals surface area contributed by atoms with E-state index in [1.807, 2.05) is 68.4 Å². The number of hydrogen-bond acceptors (Lipinski definition) is 5. The van der Waals surface area contributed by atoms with E-state index in [0.29, 0.717) is 24.9 Å². The average molecular weight is 666 g/mol. The van der Waals surface area contributed by atoms with Crippen molar-refractivity contribution in [2.75, 3.05) is 20.6 Å². The standard InChI is InChI=1S/C40H48FN5O3/c1-5-40(42,6-2)22-9-12-37(47)45(3)36(28-31-13-16-32-10-7-8-11-33(32)26-31)39(49)46(4)35(27-30-14-17-34(41)18-15-30)38(48)44-25-21-29-19-23-43-24-20-29/h7-20,23-24,26,35-36H,5-6,21-22,25,27-28,42H2,1-4H3,(H,44,48)/b12-9+/t35-,36-/m1/s1. The normalized spacial score (nSPS) is 12.9. The Morgan fingerprint density at radius 2 is 1.47 bits per heavy atom. The molecule has 9 heteroatoms. The number of carbonyl (C=O) groups is 3. The summed E-state index contributed by atoms with van der Waals surface area (Å²) in [6, 6.07) is 21.8. The third-order valence-electron chi connectivity index (χ3n) is 9.46. The van der Waals surface area contributed by atoms with Gasteiger partial charge in [-0.15, -0.1) is 0 Å². The maximum absolute atomic E-state index is 14.5. The van der Waals surface area contributed by atoms with Crippen LogP contribution in [-0.4, -0.2) is 70.8 Å². The molecule has 2 atom stereocenters. The molecule has 0 aliphatic heterocycles. The lowest BCUT2D eigenvalue weighted by Crippen LogP contribution is -2.56. The zero-order chi connectivity index (χ0) is 35.4. The second-order valence-electron chi connectivity index (χ2n) is 12.7. The molecule has 0 unspecified atom stereocenters. The zero-order valence-electron chi connectivity index (χ0n) is 28.9. The lowest BCUT2D eigenvalue weighted by molar-refractivity contribution is -0.146. The van der Waals surface area contributed by atoms with Gasteiger partial charge in [0.25, 0.3) is 0 Å². The van der Waals surface area contributed by atoms with Gasteiger partial charge in [-0.25, -0.2) is 4.39 Å². The first-order chi connectivity index (χ1) is 23.5. The quantitative estimate of drug-likeness (QED) is 0.151. The predicted molar refractivity (Wildman–Crippen MR) is 193 cm³/mol. The highest BCUT2D eigenvalue weighted by atomic mass is 19.1. The number of amides is 3. The number of nitrogens with two attached hydrogens (primary N) is 1. The van der Waals surface area contributed by atoms with Gasteiger partial charge in [-0.2, -0.15) is 0 Å². The fraction of sp³-hybridized carbons (Fsp3) is 0.350. The number of fused-ring (bicyclic) bond motifs is 1. The van der Waals surface area contributed by atoms with E-state index in [9.17, 15) is 18.8 Å². The second-order valence-corrected chi connectivity index (χ2v) is 12.7. The van der Waals surface area contributed by atoms with Crippen LogP contribution in [0.5, 0.6) is 0 Å². The number of nitrogens with zero attached hydrogens (tertiary/aromatic N) is 3. The molecular weight excluding hydrogens is 617 g/mol. The van der Waals surface area contributed by atoms with Gasteiger partial charge >= 0.3 is 0 Å². The van der Waals surface area contributed by atoms with Gasteiger partial charge < -0.3 is 20.9 Å². The highest BCUT2D eigenvalue weighted by molar-refractivity contribution is 5.95. The summed E-state index contributed by atoms with van der Waals surface area (Å²) in [6.07, 6.45) is 9.71. The van der Waals surface area contributed by atoms with Crippen LogP contribution >= 0.6 is 0 Å². The van der Waals surface area contributed by atoms with Gasteiger partial charge in [0.2, 0.25) is 17.7 Å². The first-order valence-electron chi connectivity index (χ1n) is 16.9. The predicted octanol–water partition coefficient (Wildman–Crippen LogP) is 5.64. The fourth-order valence-corrected chi connectivity index (χ4v) is 5.82. The van der Waals surface area contributed by atoms with Crippen LogP contribution in [0.1, 0.15) is 49.8 Å². The lowest BCUT2D eigenvalue weighted by Gasteiger charge is -2.34. The van der Waals surface area contributed by atoms with Crippen molar-refractivity contribution >= 4 is 28.5 Å². The van der Waals surface area contributed by atoms with Crippen LogP contribution in [0, 0.1) is 5.82 Å². The lowest BCUT2D eigenvalue weighted by atomic mass is 9.90. The van der Waals surface area contributed by atoms with E-state index < -0.39 is 17.6 Å². The molecule has 0 spiro atoms. The molecule has 1 heterocycles. The van der Waals surface area contributed by atoms with Gasteiger partial charge in [0.15, 0.2) is 0 Å². The van der Waals surface area contributed by atoms with E-state index >= 15 is 0 Å². The van der Waals surface area contributed by atoms with E-state index in [-0.39, 0.29) is 36.4 Å². The van der Waals surface area contributed by atoms with Gasteiger partial charge in [0, 0.05) is 51.4 Å². The number of halogens is 1. The molecule has 0 radical (unpaired) electrons. The summed E-state index contributed by atoms with van der Waals surface area (Å²) in [5, 5.41) is 5.07. The molecule has 0 aliphatic carbocycles. The van der Waals surface area contributed by atoms with Gasteiger partial charge in [-0.3, -0.25) is 19.4 Å². The van der Waals surface area contributed by atoms with E-state index in [2.05, 4.69) is 10.3 Å². The van der Waals surface area contributed by atoms with Crippen molar-refractivity contribution in [3.05, 3.63) is 126 Å². The molecule has 3 aromatic carbocycles. The van der Waals surface area contributed by atoms with Crippen LogP contribution in [0.15, 0.2) is 103 Å². The highest BCUT2D eigenvalue weighted by Gasteiger charge is 2.35. The Labute approximate surface area is 289 Å². The van der Waals surface area contributed by atoms with Crippen molar-refractivity contribution in [2.45, 2.75) is 70.0 Å². The minimum atomic E-state index is -0.916. The molecule has 0 aliphatic rings. The number of pyridine rings is 1. The number of rotatable bonds is 16. The maximum Gasteiger partial charge on any atom is 0.246 e. The SMILES string of the molecule is CCC(N)(CC)C/C=C/C(=O)N(C)[C@H](Cc1ccc2ccccc2c1)C(=O)N(C)[C@H](Cc1ccc(F)cc1)C(=O)NCCc1ccncc1. The average Bonchev–Trinajstić information content (AvgIpc) is 3.12. The Bertz CT molecular complexity index is 1720. The number of hydrogen-bond donors (Lipinski definition) is 2. The van der Waals surface area contributed by atoms with Crippen LogP contribution < -0.4 is 11.1 Å². The van der Waals surface area contributed by atoms with Crippen molar-refractivity contribution in [1.82, 2.24) is 20.1 Å². The van der Waals surface area contributed by atoms with Crippen LogP contribution in [0.4, 0.5) is 4.39 Å². The second kappa shape index (κ2) is 17.5. The van der Waals surface area contributed by atoms with E-state index in [1.165, 1.54) is 28.0 Å². The molecule has 0 saturated heterocycles. The summed E-state index contributed by atoms with van der Waals surface area (Å²) < 4.78 is 13.8. The van der Waals surface area contributed by atoms with Gasteiger partial charge in [0.05, 0.1) is 0 Å². The maximum atomic E-state index is 14.5. The van der Waals surface area contributed by atoms with Crippen molar-refractivity contribution in [3.8, 4) is 0 Å². The molecule has 3 amide bonds. The summed E-state index contributed by atoms with van der Waals surface area (Å²) >= 11 is 0. The number of likely N-dealkylation sites (N-methyl/N-ethyl adjacent to an activating group) is 2. The fourth-order valence-electron chi connectivity index (χ4n) is 5.82. The molecule has 49 heavy (non-hydrogen) atoms. The van der Waals surface area contributed by atoms with Crippen LogP contribution in [0.2, 0.25) is 0 Å². The smallest absolute Gasteiger partial charge is 0.246 e. The van der Waals surface area contributed by atoms with Gasteiger partial charge in [-0.1, -0.05) is 74.5 Å². The summed E-state index contributed by atoms with van der Waals surface area (Å²) in [6.45, 7) is 4.40. The van der Waals surface area contributed by atoms with Crippen molar-refractivity contribution < 1.29 is 18.8 Å². The van der Waals surface area contributed by atoms with Crippen LogP contribution in [-0.2, 0) is 33.6 Å². The molecule has 8 nitrogen and oxygen atoms in total. The van der Waals surface area contributed by atoms with Crippen molar-refractivity contribution in [1.29, 1.82) is 0 Å². The number of carbonyl (C=O) groups excluding carboxylic acids is 3. The highest BCUT2D eigenvalue weighted by Crippen LogP contribution is 2.21. The summed E-state index contributed by atoms with van der Waals surface area (Å²) in [5.41, 5.74) is 8.64. The Balaban J connectivity index is 1.62. The zero-order valence-corrected chi connectivity index (χ0v) is 28.9. The van der Waals surface area contributed by atoms with E-state index in [4.69, 9.17) is 5.73 Å². The molecule has 4 rings (SSSR count). The van der Waals surface area contributed by atoms with Crippen LogP contribution in [0.3, 0.4) is 0 Å². The molecule has 0 saturated carbocycles. The largest absolute Gasteiger partial charge is 0.354 e. The topological polar surface area (TPSA) is 109 Å². The molecule has 1 aromatic heterocycles. The molecule has 0 bridgehead atoms. The third-order valence-corrected chi connectivity index (χ3v) is 9.46. The van der Waals surface area contributed by atoms with Gasteiger partial charge in [-0.05, 0) is 83.5 Å². The molecular formula is C40H48FN5O3. The Morgan fingerprint density at radius 1 is 0.837 bits per heavy atom. The number of aromatic nitrogens is 1. The number of benzene rings is 3. The first kappa shape index (κ1) is 36.9. The molecule has 0 fully saturated rings. The third kappa shape index (κ3) is 10.3. The summed E-state index contributed by atoms with van der Waals surface area (Å²) in [5.74, 6) is -1.45. The van der Waals surface area contributed by atoms with E-state index in [1.54, 1.807) is 44.7 Å².